The molecule has 0 aliphatic carbocycles. The van der Waals surface area contributed by atoms with Crippen molar-refractivity contribution in [3.63, 3.8) is 0 Å². The van der Waals surface area contributed by atoms with Gasteiger partial charge in [0.25, 0.3) is 0 Å². The van der Waals surface area contributed by atoms with Crippen LogP contribution in [-0.2, 0) is 14.4 Å². The van der Waals surface area contributed by atoms with E-state index in [1.165, 1.54) is 22.7 Å². The van der Waals surface area contributed by atoms with Gasteiger partial charge in [0.1, 0.15) is 6.54 Å². The molecular formula is C23H24N2O3S. The smallest absolute Gasteiger partial charge is 0.244 e. The van der Waals surface area contributed by atoms with E-state index in [4.69, 9.17) is 0 Å². The van der Waals surface area contributed by atoms with Crippen molar-refractivity contribution >= 4 is 35.0 Å². The fourth-order valence-electron chi connectivity index (χ4n) is 2.82. The molecule has 0 bridgehead atoms. The summed E-state index contributed by atoms with van der Waals surface area (Å²) in [7, 11) is 0. The SMILES string of the molecule is CC(C)(C)C(=O)/C=C1\SCC(=O)N1CC(=O)Nc1ccccc1-c1ccccc1. The van der Waals surface area contributed by atoms with E-state index in [2.05, 4.69) is 5.32 Å². The van der Waals surface area contributed by atoms with Crippen molar-refractivity contribution in [2.24, 2.45) is 5.41 Å². The largest absolute Gasteiger partial charge is 0.324 e. The summed E-state index contributed by atoms with van der Waals surface area (Å²) in [4.78, 5) is 38.7. The van der Waals surface area contributed by atoms with Crippen LogP contribution in [0.3, 0.4) is 0 Å². The molecule has 1 aliphatic rings. The second-order valence-corrected chi connectivity index (χ2v) is 8.82. The summed E-state index contributed by atoms with van der Waals surface area (Å²) in [6, 6.07) is 17.3. The first-order valence-corrected chi connectivity index (χ1v) is 10.4. The third-order valence-corrected chi connectivity index (χ3v) is 5.52. The number of para-hydroxylation sites is 1. The Hall–Kier alpha value is -2.86. The molecule has 0 spiro atoms. The summed E-state index contributed by atoms with van der Waals surface area (Å²) >= 11 is 1.29. The lowest BCUT2D eigenvalue weighted by molar-refractivity contribution is -0.129. The molecule has 2 amide bonds. The van der Waals surface area contributed by atoms with Gasteiger partial charge in [0.05, 0.1) is 10.8 Å². The van der Waals surface area contributed by atoms with Gasteiger partial charge in [-0.1, -0.05) is 81.1 Å². The van der Waals surface area contributed by atoms with Gasteiger partial charge >= 0.3 is 0 Å². The molecule has 2 aromatic rings. The molecule has 6 heteroatoms. The van der Waals surface area contributed by atoms with Crippen molar-refractivity contribution in [3.8, 4) is 11.1 Å². The maximum atomic E-state index is 12.7. The summed E-state index contributed by atoms with van der Waals surface area (Å²) in [6.45, 7) is 5.35. The molecule has 29 heavy (non-hydrogen) atoms. The fourth-order valence-corrected chi connectivity index (χ4v) is 3.76. The normalized spacial score (nSPS) is 15.6. The molecular weight excluding hydrogens is 384 g/mol. The van der Waals surface area contributed by atoms with Crippen LogP contribution >= 0.6 is 11.8 Å². The lowest BCUT2D eigenvalue weighted by Gasteiger charge is -2.19. The van der Waals surface area contributed by atoms with Crippen LogP contribution in [-0.4, -0.2) is 34.8 Å². The Bertz CT molecular complexity index is 962. The third kappa shape index (κ3) is 5.15. The Kier molecular flexibility index (Phi) is 6.23. The zero-order valence-electron chi connectivity index (χ0n) is 16.8. The van der Waals surface area contributed by atoms with E-state index in [0.717, 1.165) is 11.1 Å². The van der Waals surface area contributed by atoms with Gasteiger partial charge in [0.2, 0.25) is 11.8 Å². The van der Waals surface area contributed by atoms with Gasteiger partial charge in [-0.25, -0.2) is 0 Å². The van der Waals surface area contributed by atoms with Crippen LogP contribution in [0.15, 0.2) is 65.7 Å². The zero-order valence-corrected chi connectivity index (χ0v) is 17.6. The highest BCUT2D eigenvalue weighted by Gasteiger charge is 2.31. The second-order valence-electron chi connectivity index (χ2n) is 7.83. The van der Waals surface area contributed by atoms with Crippen molar-refractivity contribution in [3.05, 3.63) is 65.7 Å². The molecule has 150 valence electrons. The molecule has 1 heterocycles. The number of ketones is 1. The van der Waals surface area contributed by atoms with Crippen LogP contribution in [0.2, 0.25) is 0 Å². The Morgan fingerprint density at radius 2 is 1.72 bits per heavy atom. The molecule has 1 saturated heterocycles. The lowest BCUT2D eigenvalue weighted by atomic mass is 9.91. The molecule has 0 saturated carbocycles. The topological polar surface area (TPSA) is 66.5 Å². The van der Waals surface area contributed by atoms with Gasteiger partial charge in [-0.2, -0.15) is 0 Å². The molecule has 3 rings (SSSR count). The predicted molar refractivity (Wildman–Crippen MR) is 117 cm³/mol. The first-order chi connectivity index (χ1) is 13.8. The average molecular weight is 409 g/mol. The molecule has 5 nitrogen and oxygen atoms in total. The van der Waals surface area contributed by atoms with Crippen LogP contribution in [0.5, 0.6) is 0 Å². The highest BCUT2D eigenvalue weighted by Crippen LogP contribution is 2.31. The van der Waals surface area contributed by atoms with E-state index in [0.29, 0.717) is 10.7 Å². The van der Waals surface area contributed by atoms with E-state index < -0.39 is 5.41 Å². The molecule has 0 radical (unpaired) electrons. The monoisotopic (exact) mass is 408 g/mol. The molecule has 1 aliphatic heterocycles. The van der Waals surface area contributed by atoms with E-state index in [-0.39, 0.29) is 29.9 Å². The van der Waals surface area contributed by atoms with E-state index in [1.807, 2.05) is 75.4 Å². The quantitative estimate of drug-likeness (QED) is 0.748. The number of hydrogen-bond donors (Lipinski definition) is 1. The Balaban J connectivity index is 1.76. The van der Waals surface area contributed by atoms with Crippen molar-refractivity contribution in [2.75, 3.05) is 17.6 Å². The second kappa shape index (κ2) is 8.66. The summed E-state index contributed by atoms with van der Waals surface area (Å²) in [6.07, 6.45) is 1.47. The lowest BCUT2D eigenvalue weighted by Crippen LogP contribution is -2.34. The molecule has 0 atom stereocenters. The fraction of sp³-hybridized carbons (Fsp3) is 0.261. The van der Waals surface area contributed by atoms with Crippen LogP contribution < -0.4 is 5.32 Å². The molecule has 1 N–H and O–H groups in total. The number of anilines is 1. The molecule has 2 aromatic carbocycles. The maximum Gasteiger partial charge on any atom is 0.244 e. The maximum absolute atomic E-state index is 12.7. The zero-order chi connectivity index (χ0) is 21.0. The van der Waals surface area contributed by atoms with Gasteiger partial charge in [-0.15, -0.1) is 0 Å². The number of nitrogens with one attached hydrogen (secondary N) is 1. The van der Waals surface area contributed by atoms with Gasteiger partial charge in [0, 0.05) is 22.7 Å². The minimum atomic E-state index is -0.540. The van der Waals surface area contributed by atoms with Crippen LogP contribution in [0.1, 0.15) is 20.8 Å². The number of amides is 2. The van der Waals surface area contributed by atoms with Crippen molar-refractivity contribution in [2.45, 2.75) is 20.8 Å². The number of allylic oxidation sites excluding steroid dienone is 1. The van der Waals surface area contributed by atoms with Crippen molar-refractivity contribution in [1.82, 2.24) is 4.90 Å². The summed E-state index contributed by atoms with van der Waals surface area (Å²) < 4.78 is 0. The van der Waals surface area contributed by atoms with E-state index in [1.54, 1.807) is 0 Å². The summed E-state index contributed by atoms with van der Waals surface area (Å²) in [5.41, 5.74) is 2.04. The molecule has 1 fully saturated rings. The van der Waals surface area contributed by atoms with Crippen molar-refractivity contribution in [1.29, 1.82) is 0 Å². The summed E-state index contributed by atoms with van der Waals surface area (Å²) in [5.74, 6) is -0.320. The first-order valence-electron chi connectivity index (χ1n) is 9.39. The molecule has 0 aromatic heterocycles. The minimum Gasteiger partial charge on any atom is -0.324 e. The minimum absolute atomic E-state index is 0.0745. The number of carbonyl (C=O) groups is 3. The number of benzene rings is 2. The predicted octanol–water partition coefficient (Wildman–Crippen LogP) is 4.32. The first kappa shape index (κ1) is 20.9. The number of rotatable bonds is 5. The molecule has 0 unspecified atom stereocenters. The Morgan fingerprint density at radius 3 is 2.41 bits per heavy atom. The standard InChI is InChI=1S/C23H24N2O3S/c1-23(2,3)19(26)13-22-25(21(28)15-29-22)14-20(27)24-18-12-8-7-11-17(18)16-9-5-4-6-10-16/h4-13H,14-15H2,1-3H3,(H,24,27)/b22-13-. The van der Waals surface area contributed by atoms with E-state index in [9.17, 15) is 14.4 Å². The number of carbonyl (C=O) groups excluding carboxylic acids is 3. The van der Waals surface area contributed by atoms with E-state index >= 15 is 0 Å². The average Bonchev–Trinajstić information content (AvgIpc) is 3.02. The van der Waals surface area contributed by atoms with Crippen LogP contribution in [0.4, 0.5) is 5.69 Å². The van der Waals surface area contributed by atoms with Gasteiger partial charge < -0.3 is 5.32 Å². The van der Waals surface area contributed by atoms with Gasteiger partial charge in [0.15, 0.2) is 5.78 Å². The van der Waals surface area contributed by atoms with Crippen LogP contribution in [0.25, 0.3) is 11.1 Å². The van der Waals surface area contributed by atoms with Crippen LogP contribution in [0, 0.1) is 5.41 Å². The number of hydrogen-bond acceptors (Lipinski definition) is 4. The van der Waals surface area contributed by atoms with Crippen molar-refractivity contribution < 1.29 is 14.4 Å². The Morgan fingerprint density at radius 1 is 1.07 bits per heavy atom. The Labute approximate surface area is 175 Å². The van der Waals surface area contributed by atoms with Gasteiger partial charge in [-0.05, 0) is 11.6 Å². The number of thioether (sulfide) groups is 1. The highest BCUT2D eigenvalue weighted by molar-refractivity contribution is 8.04. The van der Waals surface area contributed by atoms with Gasteiger partial charge in [-0.3, -0.25) is 19.3 Å². The summed E-state index contributed by atoms with van der Waals surface area (Å²) in [5, 5.41) is 3.44. The number of nitrogens with zero attached hydrogens (tertiary/aromatic N) is 1. The highest BCUT2D eigenvalue weighted by atomic mass is 32.2. The third-order valence-electron chi connectivity index (χ3n) is 4.49.